The van der Waals surface area contributed by atoms with Crippen LogP contribution in [-0.4, -0.2) is 59.7 Å². The van der Waals surface area contributed by atoms with E-state index in [4.69, 9.17) is 21.1 Å². The van der Waals surface area contributed by atoms with Gasteiger partial charge in [0.25, 0.3) is 5.91 Å². The predicted molar refractivity (Wildman–Crippen MR) is 194 cm³/mol. The number of nitrogens with zero attached hydrogens (tertiary/aromatic N) is 5. The number of fused-ring (bicyclic) bond motifs is 1. The van der Waals surface area contributed by atoms with Crippen molar-refractivity contribution in [3.8, 4) is 16.5 Å². The van der Waals surface area contributed by atoms with Gasteiger partial charge in [-0.3, -0.25) is 14.5 Å². The number of rotatable bonds is 9. The van der Waals surface area contributed by atoms with E-state index >= 15 is 0 Å². The molecule has 0 atom stereocenters. The first-order valence-electron chi connectivity index (χ1n) is 16.5. The first-order chi connectivity index (χ1) is 24.3. The van der Waals surface area contributed by atoms with Gasteiger partial charge in [0.05, 0.1) is 12.8 Å². The Morgan fingerprint density at radius 2 is 1.70 bits per heavy atom. The lowest BCUT2D eigenvalue weighted by molar-refractivity contribution is -0.119. The summed E-state index contributed by atoms with van der Waals surface area (Å²) in [6.45, 7) is 3.01. The molecular weight excluding hydrogens is 674 g/mol. The van der Waals surface area contributed by atoms with Crippen molar-refractivity contribution in [2.75, 3.05) is 37.0 Å². The fourth-order valence-corrected chi connectivity index (χ4v) is 7.54. The summed E-state index contributed by atoms with van der Waals surface area (Å²) in [5.41, 5.74) is 4.38. The number of carbonyl (C=O) groups is 3. The van der Waals surface area contributed by atoms with Gasteiger partial charge < -0.3 is 19.3 Å². The Hall–Kier alpha value is -4.97. The monoisotopic (exact) mass is 709 g/mol. The minimum absolute atomic E-state index is 0.00300. The first-order valence-corrected chi connectivity index (χ1v) is 17.7. The van der Waals surface area contributed by atoms with E-state index in [1.54, 1.807) is 43.3 Å². The van der Waals surface area contributed by atoms with Gasteiger partial charge in [-0.05, 0) is 91.1 Å². The number of thiophene rings is 1. The highest BCUT2D eigenvalue weighted by Crippen LogP contribution is 2.35. The number of amides is 2. The molecule has 2 amide bonds. The number of piperidine rings is 1. The summed E-state index contributed by atoms with van der Waals surface area (Å²) in [5, 5.41) is 5.79. The van der Waals surface area contributed by atoms with Crippen LogP contribution in [0.4, 0.5) is 11.4 Å². The number of methoxy groups -OCH3 is 1. The van der Waals surface area contributed by atoms with E-state index in [-0.39, 0.29) is 23.2 Å². The van der Waals surface area contributed by atoms with Crippen LogP contribution in [0.5, 0.6) is 10.8 Å². The fraction of sp³-hybridized carbons (Fsp3) is 0.263. The predicted octanol–water partition coefficient (Wildman–Crippen LogP) is 7.17. The lowest BCUT2D eigenvalue weighted by Crippen LogP contribution is -2.35. The standard InChI is InChI=1S/C38H36ClN5O5S/c1-41(27-10-12-28(13-11-27)43-19-6-5-9-35(43)45)37(46)33-22-32(40-44(33)29-14-16-30(48-2)17-15-29)38(47)49-36-21-26-24-42(20-18-34(26)50-36)23-25-7-3-4-8-31(25)39/h3-4,7-8,10-17,21-22H,5-6,9,18-20,23-24H2,1-2H3. The molecule has 4 heterocycles. The number of anilines is 2. The zero-order chi connectivity index (χ0) is 34.8. The molecule has 0 spiro atoms. The Labute approximate surface area is 299 Å². The zero-order valence-electron chi connectivity index (χ0n) is 27.8. The summed E-state index contributed by atoms with van der Waals surface area (Å²) in [6, 6.07) is 25.6. The molecule has 1 fully saturated rings. The molecule has 256 valence electrons. The highest BCUT2D eigenvalue weighted by atomic mass is 35.5. The summed E-state index contributed by atoms with van der Waals surface area (Å²) < 4.78 is 12.6. The summed E-state index contributed by atoms with van der Waals surface area (Å²) in [5.74, 6) is -0.283. The summed E-state index contributed by atoms with van der Waals surface area (Å²) in [7, 11) is 3.24. The minimum Gasteiger partial charge on any atom is -0.497 e. The summed E-state index contributed by atoms with van der Waals surface area (Å²) >= 11 is 7.86. The van der Waals surface area contributed by atoms with Gasteiger partial charge in [-0.2, -0.15) is 5.10 Å². The molecule has 10 nitrogen and oxygen atoms in total. The lowest BCUT2D eigenvalue weighted by Gasteiger charge is -2.27. The van der Waals surface area contributed by atoms with Crippen LogP contribution in [0.3, 0.4) is 0 Å². The molecule has 7 rings (SSSR count). The molecule has 0 N–H and O–H groups in total. The zero-order valence-corrected chi connectivity index (χ0v) is 29.4. The van der Waals surface area contributed by atoms with Crippen molar-refractivity contribution < 1.29 is 23.9 Å². The van der Waals surface area contributed by atoms with Crippen molar-refractivity contribution in [2.24, 2.45) is 0 Å². The van der Waals surface area contributed by atoms with Crippen LogP contribution in [-0.2, 0) is 24.3 Å². The van der Waals surface area contributed by atoms with E-state index in [2.05, 4.69) is 10.00 Å². The quantitative estimate of drug-likeness (QED) is 0.150. The third-order valence-corrected chi connectivity index (χ3v) is 10.6. The van der Waals surface area contributed by atoms with E-state index in [1.807, 2.05) is 54.6 Å². The van der Waals surface area contributed by atoms with E-state index in [9.17, 15) is 14.4 Å². The fourth-order valence-electron chi connectivity index (χ4n) is 6.34. The SMILES string of the molecule is COc1ccc(-n2nc(C(=O)Oc3cc4c(s3)CCN(Cc3ccccc3Cl)C4)cc2C(=O)N(C)c2ccc(N3CCCCC3=O)cc2)cc1. The number of esters is 1. The number of hydrogen-bond acceptors (Lipinski definition) is 8. The summed E-state index contributed by atoms with van der Waals surface area (Å²) in [4.78, 5) is 46.8. The highest BCUT2D eigenvalue weighted by molar-refractivity contribution is 7.14. The average Bonchev–Trinajstić information content (AvgIpc) is 3.77. The first kappa shape index (κ1) is 33.5. The van der Waals surface area contributed by atoms with Crippen molar-refractivity contribution in [3.05, 3.63) is 117 Å². The van der Waals surface area contributed by atoms with E-state index < -0.39 is 5.97 Å². The minimum atomic E-state index is -0.656. The van der Waals surface area contributed by atoms with Gasteiger partial charge in [0.15, 0.2) is 10.8 Å². The highest BCUT2D eigenvalue weighted by Gasteiger charge is 2.27. The van der Waals surface area contributed by atoms with Crippen LogP contribution in [0.15, 0.2) is 84.9 Å². The van der Waals surface area contributed by atoms with Crippen LogP contribution in [0.25, 0.3) is 5.69 Å². The van der Waals surface area contributed by atoms with Crippen LogP contribution in [0.2, 0.25) is 5.02 Å². The third kappa shape index (κ3) is 7.02. The molecule has 0 saturated carbocycles. The number of halogens is 1. The number of ether oxygens (including phenoxy) is 2. The van der Waals surface area contributed by atoms with Gasteiger partial charge in [-0.25, -0.2) is 9.48 Å². The number of aromatic nitrogens is 2. The molecule has 12 heteroatoms. The van der Waals surface area contributed by atoms with Crippen molar-refractivity contribution in [3.63, 3.8) is 0 Å². The molecule has 0 bridgehead atoms. The number of hydrogen-bond donors (Lipinski definition) is 0. The van der Waals surface area contributed by atoms with Crippen LogP contribution >= 0.6 is 22.9 Å². The van der Waals surface area contributed by atoms with Gasteiger partial charge in [-0.15, -0.1) is 11.3 Å². The molecule has 0 radical (unpaired) electrons. The van der Waals surface area contributed by atoms with Crippen LogP contribution in [0, 0.1) is 0 Å². The van der Waals surface area contributed by atoms with Crippen molar-refractivity contribution in [1.82, 2.24) is 14.7 Å². The Morgan fingerprint density at radius 1 is 0.940 bits per heavy atom. The van der Waals surface area contributed by atoms with Crippen molar-refractivity contribution >= 4 is 52.1 Å². The maximum absolute atomic E-state index is 14.0. The molecule has 5 aromatic rings. The largest absolute Gasteiger partial charge is 0.497 e. The Kier molecular flexibility index (Phi) is 9.71. The maximum atomic E-state index is 14.0. The number of carbonyl (C=O) groups excluding carboxylic acids is 3. The van der Waals surface area contributed by atoms with Gasteiger partial charge in [0, 0.05) is 67.0 Å². The van der Waals surface area contributed by atoms with Crippen LogP contribution in [0.1, 0.15) is 56.2 Å². The topological polar surface area (TPSA) is 97.2 Å². The molecule has 50 heavy (non-hydrogen) atoms. The summed E-state index contributed by atoms with van der Waals surface area (Å²) in [6.07, 6.45) is 3.25. The second-order valence-corrected chi connectivity index (χ2v) is 13.9. The van der Waals surface area contributed by atoms with E-state index in [0.717, 1.165) is 60.7 Å². The smallest absolute Gasteiger partial charge is 0.365 e. The van der Waals surface area contributed by atoms with Crippen LogP contribution < -0.4 is 19.3 Å². The average molecular weight is 710 g/mol. The van der Waals surface area contributed by atoms with Gasteiger partial charge in [-0.1, -0.05) is 29.8 Å². The maximum Gasteiger partial charge on any atom is 0.365 e. The normalized spacial score (nSPS) is 14.7. The second kappa shape index (κ2) is 14.5. The van der Waals surface area contributed by atoms with Crippen molar-refractivity contribution in [2.45, 2.75) is 38.8 Å². The molecule has 1 saturated heterocycles. The molecule has 0 unspecified atom stereocenters. The Bertz CT molecular complexity index is 2040. The van der Waals surface area contributed by atoms with Gasteiger partial charge >= 0.3 is 5.97 Å². The third-order valence-electron chi connectivity index (χ3n) is 9.10. The molecular formula is C38H36ClN5O5S. The van der Waals surface area contributed by atoms with Gasteiger partial charge in [0.2, 0.25) is 5.91 Å². The van der Waals surface area contributed by atoms with E-state index in [1.165, 1.54) is 31.9 Å². The van der Waals surface area contributed by atoms with Crippen molar-refractivity contribution in [1.29, 1.82) is 0 Å². The molecule has 2 aromatic heterocycles. The Balaban J connectivity index is 1.11. The number of benzene rings is 3. The van der Waals surface area contributed by atoms with E-state index in [0.29, 0.717) is 35.2 Å². The van der Waals surface area contributed by atoms with Gasteiger partial charge in [0.1, 0.15) is 11.4 Å². The second-order valence-electron chi connectivity index (χ2n) is 12.4. The molecule has 2 aliphatic rings. The molecule has 2 aliphatic heterocycles. The molecule has 3 aromatic carbocycles. The lowest BCUT2D eigenvalue weighted by atomic mass is 10.1. The Morgan fingerprint density at radius 3 is 2.44 bits per heavy atom. The molecule has 0 aliphatic carbocycles.